The molecule has 1 nitrogen and oxygen atoms in total. The first-order chi connectivity index (χ1) is 8.18. The van der Waals surface area contributed by atoms with Gasteiger partial charge in [0.05, 0.1) is 0 Å². The number of benzene rings is 1. The van der Waals surface area contributed by atoms with Crippen LogP contribution in [0.4, 0.5) is 0 Å². The molecule has 0 radical (unpaired) electrons. The van der Waals surface area contributed by atoms with Gasteiger partial charge in [0.15, 0.2) is 0 Å². The van der Waals surface area contributed by atoms with E-state index in [2.05, 4.69) is 62.5 Å². The van der Waals surface area contributed by atoms with Crippen molar-refractivity contribution in [2.45, 2.75) is 33.6 Å². The van der Waals surface area contributed by atoms with Gasteiger partial charge in [0.1, 0.15) is 0 Å². The predicted molar refractivity (Wildman–Crippen MR) is 76.3 cm³/mol. The quantitative estimate of drug-likeness (QED) is 0.557. The van der Waals surface area contributed by atoms with E-state index in [9.17, 15) is 0 Å². The maximum absolute atomic E-state index is 3.44. The first kappa shape index (κ1) is 14.0. The van der Waals surface area contributed by atoms with Gasteiger partial charge in [-0.25, -0.2) is 0 Å². The zero-order valence-corrected chi connectivity index (χ0v) is 11.4. The lowest BCUT2D eigenvalue weighted by Gasteiger charge is -2.04. The van der Waals surface area contributed by atoms with Gasteiger partial charge in [-0.05, 0) is 44.3 Å². The third kappa shape index (κ3) is 6.96. The summed E-state index contributed by atoms with van der Waals surface area (Å²) in [5.74, 6) is 0.742. The standard InChI is InChI=1S/C16H25N/c1-14(2)13-17-11-6-4-5-9-16-10-7-8-15(3)12-16/h4-5,7-8,10,12,14,17H,6,9,11,13H2,1-3H3. The van der Waals surface area contributed by atoms with Gasteiger partial charge in [0.25, 0.3) is 0 Å². The van der Waals surface area contributed by atoms with E-state index >= 15 is 0 Å². The predicted octanol–water partition coefficient (Wildman–Crippen LogP) is 3.73. The highest BCUT2D eigenvalue weighted by atomic mass is 14.8. The SMILES string of the molecule is Cc1cccc(CC=CCCNCC(C)C)c1. The van der Waals surface area contributed by atoms with E-state index in [0.717, 1.165) is 31.8 Å². The first-order valence-electron chi connectivity index (χ1n) is 6.59. The van der Waals surface area contributed by atoms with Crippen LogP contribution in [0.3, 0.4) is 0 Å². The van der Waals surface area contributed by atoms with Gasteiger partial charge >= 0.3 is 0 Å². The molecule has 1 rings (SSSR count). The van der Waals surface area contributed by atoms with Crippen molar-refractivity contribution in [2.24, 2.45) is 5.92 Å². The zero-order chi connectivity index (χ0) is 12.5. The molecule has 0 heterocycles. The Bertz CT molecular complexity index is 339. The van der Waals surface area contributed by atoms with Crippen molar-refractivity contribution in [2.75, 3.05) is 13.1 Å². The summed E-state index contributed by atoms with van der Waals surface area (Å²) in [4.78, 5) is 0. The van der Waals surface area contributed by atoms with Crippen LogP contribution in [0.5, 0.6) is 0 Å². The Morgan fingerprint density at radius 3 is 2.76 bits per heavy atom. The molecule has 0 saturated carbocycles. The molecule has 1 heteroatoms. The van der Waals surface area contributed by atoms with E-state index in [0.29, 0.717) is 0 Å². The summed E-state index contributed by atoms with van der Waals surface area (Å²) in [5.41, 5.74) is 2.74. The summed E-state index contributed by atoms with van der Waals surface area (Å²) in [6.45, 7) is 8.82. The average Bonchev–Trinajstić information content (AvgIpc) is 2.27. The summed E-state index contributed by atoms with van der Waals surface area (Å²) < 4.78 is 0. The fourth-order valence-electron chi connectivity index (χ4n) is 1.75. The van der Waals surface area contributed by atoms with Gasteiger partial charge in [-0.15, -0.1) is 0 Å². The summed E-state index contributed by atoms with van der Waals surface area (Å²) in [5, 5.41) is 3.44. The van der Waals surface area contributed by atoms with E-state index in [1.165, 1.54) is 11.1 Å². The van der Waals surface area contributed by atoms with E-state index in [4.69, 9.17) is 0 Å². The second-order valence-corrected chi connectivity index (χ2v) is 5.05. The lowest BCUT2D eigenvalue weighted by Crippen LogP contribution is -2.20. The summed E-state index contributed by atoms with van der Waals surface area (Å²) in [6.07, 6.45) is 6.71. The molecular weight excluding hydrogens is 206 g/mol. The number of aryl methyl sites for hydroxylation is 1. The van der Waals surface area contributed by atoms with E-state index in [1.807, 2.05) is 0 Å². The Kier molecular flexibility index (Phi) is 6.64. The monoisotopic (exact) mass is 231 g/mol. The van der Waals surface area contributed by atoms with Gasteiger partial charge in [-0.3, -0.25) is 0 Å². The maximum Gasteiger partial charge on any atom is -0.00142 e. The van der Waals surface area contributed by atoms with Crippen molar-refractivity contribution in [1.82, 2.24) is 5.32 Å². The van der Waals surface area contributed by atoms with Crippen LogP contribution >= 0.6 is 0 Å². The van der Waals surface area contributed by atoms with Crippen LogP contribution in [-0.4, -0.2) is 13.1 Å². The van der Waals surface area contributed by atoms with Crippen molar-refractivity contribution in [3.05, 3.63) is 47.5 Å². The molecule has 0 amide bonds. The minimum absolute atomic E-state index is 0.742. The molecule has 0 unspecified atom stereocenters. The molecule has 0 aliphatic rings. The lowest BCUT2D eigenvalue weighted by molar-refractivity contribution is 0.556. The van der Waals surface area contributed by atoms with Crippen LogP contribution in [0.15, 0.2) is 36.4 Å². The number of hydrogen-bond donors (Lipinski definition) is 1. The van der Waals surface area contributed by atoms with Gasteiger partial charge in [0.2, 0.25) is 0 Å². The molecule has 0 spiro atoms. The first-order valence-corrected chi connectivity index (χ1v) is 6.59. The Hall–Kier alpha value is -1.08. The summed E-state index contributed by atoms with van der Waals surface area (Å²) in [6, 6.07) is 8.71. The van der Waals surface area contributed by atoms with Crippen LogP contribution in [0.25, 0.3) is 0 Å². The second-order valence-electron chi connectivity index (χ2n) is 5.05. The maximum atomic E-state index is 3.44. The fourth-order valence-corrected chi connectivity index (χ4v) is 1.75. The van der Waals surface area contributed by atoms with Crippen LogP contribution in [0.2, 0.25) is 0 Å². The van der Waals surface area contributed by atoms with Gasteiger partial charge in [-0.1, -0.05) is 55.8 Å². The average molecular weight is 231 g/mol. The molecule has 0 aromatic heterocycles. The van der Waals surface area contributed by atoms with E-state index < -0.39 is 0 Å². The molecule has 1 N–H and O–H groups in total. The topological polar surface area (TPSA) is 12.0 Å². The molecule has 94 valence electrons. The molecule has 17 heavy (non-hydrogen) atoms. The normalized spacial score (nSPS) is 11.5. The van der Waals surface area contributed by atoms with Crippen molar-refractivity contribution >= 4 is 0 Å². The smallest absolute Gasteiger partial charge is 0.00142 e. The molecule has 0 fully saturated rings. The Morgan fingerprint density at radius 1 is 1.24 bits per heavy atom. The highest BCUT2D eigenvalue weighted by Crippen LogP contribution is 2.05. The van der Waals surface area contributed by atoms with Gasteiger partial charge in [0, 0.05) is 0 Å². The third-order valence-corrected chi connectivity index (χ3v) is 2.64. The van der Waals surface area contributed by atoms with E-state index in [1.54, 1.807) is 0 Å². The molecular formula is C16H25N. The molecule has 1 aromatic rings. The minimum Gasteiger partial charge on any atom is -0.316 e. The Labute approximate surface area is 106 Å². The van der Waals surface area contributed by atoms with Crippen molar-refractivity contribution in [1.29, 1.82) is 0 Å². The largest absolute Gasteiger partial charge is 0.316 e. The lowest BCUT2D eigenvalue weighted by atomic mass is 10.1. The third-order valence-electron chi connectivity index (χ3n) is 2.64. The fraction of sp³-hybridized carbons (Fsp3) is 0.500. The number of hydrogen-bond acceptors (Lipinski definition) is 1. The minimum atomic E-state index is 0.742. The van der Waals surface area contributed by atoms with Crippen molar-refractivity contribution in [3.63, 3.8) is 0 Å². The summed E-state index contributed by atoms with van der Waals surface area (Å²) in [7, 11) is 0. The van der Waals surface area contributed by atoms with Crippen LogP contribution in [0, 0.1) is 12.8 Å². The molecule has 0 aliphatic carbocycles. The molecule has 0 saturated heterocycles. The highest BCUT2D eigenvalue weighted by molar-refractivity contribution is 5.23. The Balaban J connectivity index is 2.14. The number of rotatable bonds is 7. The van der Waals surface area contributed by atoms with Gasteiger partial charge < -0.3 is 5.32 Å². The van der Waals surface area contributed by atoms with Crippen molar-refractivity contribution in [3.8, 4) is 0 Å². The van der Waals surface area contributed by atoms with E-state index in [-0.39, 0.29) is 0 Å². The van der Waals surface area contributed by atoms with Crippen LogP contribution in [-0.2, 0) is 6.42 Å². The number of nitrogens with one attached hydrogen (secondary N) is 1. The summed E-state index contributed by atoms with van der Waals surface area (Å²) >= 11 is 0. The van der Waals surface area contributed by atoms with Crippen molar-refractivity contribution < 1.29 is 0 Å². The number of allylic oxidation sites excluding steroid dienone is 1. The highest BCUT2D eigenvalue weighted by Gasteiger charge is 1.91. The second kappa shape index (κ2) is 8.08. The molecule has 0 aliphatic heterocycles. The van der Waals surface area contributed by atoms with Crippen LogP contribution < -0.4 is 5.32 Å². The van der Waals surface area contributed by atoms with Gasteiger partial charge in [-0.2, -0.15) is 0 Å². The Morgan fingerprint density at radius 2 is 2.06 bits per heavy atom. The molecule has 0 atom stereocenters. The zero-order valence-electron chi connectivity index (χ0n) is 11.4. The molecule has 1 aromatic carbocycles. The molecule has 0 bridgehead atoms. The van der Waals surface area contributed by atoms with Crippen LogP contribution in [0.1, 0.15) is 31.4 Å².